The Balaban J connectivity index is 1.88. The smallest absolute Gasteiger partial charge is 0.251 e. The largest absolute Gasteiger partial charge is 0.485 e. The maximum absolute atomic E-state index is 12.1. The molecule has 0 spiro atoms. The Labute approximate surface area is 139 Å². The number of ether oxygens (including phenoxy) is 1. The van der Waals surface area contributed by atoms with Gasteiger partial charge >= 0.3 is 0 Å². The number of hydrogen-bond donors (Lipinski definition) is 2. The van der Waals surface area contributed by atoms with Crippen molar-refractivity contribution in [3.8, 4) is 5.75 Å². The van der Waals surface area contributed by atoms with Crippen LogP contribution in [0.4, 0.5) is 0 Å². The summed E-state index contributed by atoms with van der Waals surface area (Å²) in [6, 6.07) is 5.97. The van der Waals surface area contributed by atoms with Gasteiger partial charge in [-0.25, -0.2) is 0 Å². The maximum atomic E-state index is 12.1. The van der Waals surface area contributed by atoms with Crippen LogP contribution in [-0.2, 0) is 11.4 Å². The van der Waals surface area contributed by atoms with Gasteiger partial charge < -0.3 is 19.9 Å². The summed E-state index contributed by atoms with van der Waals surface area (Å²) in [7, 11) is 0. The molecule has 0 aliphatic heterocycles. The number of carbonyl (C=O) groups is 2. The van der Waals surface area contributed by atoms with Crippen LogP contribution >= 0.6 is 0 Å². The number of rotatable bonds is 7. The summed E-state index contributed by atoms with van der Waals surface area (Å²) >= 11 is 0. The van der Waals surface area contributed by atoms with Gasteiger partial charge in [0.1, 0.15) is 11.8 Å². The van der Waals surface area contributed by atoms with Crippen molar-refractivity contribution < 1.29 is 18.8 Å². The molecule has 128 valence electrons. The van der Waals surface area contributed by atoms with Crippen LogP contribution in [0.25, 0.3) is 0 Å². The molecule has 2 rings (SSSR count). The molecule has 1 atom stereocenters. The third kappa shape index (κ3) is 4.80. The highest BCUT2D eigenvalue weighted by molar-refractivity contribution is 5.97. The molecule has 0 aliphatic carbocycles. The Morgan fingerprint density at radius 1 is 1.29 bits per heavy atom. The molecule has 2 amide bonds. The molecular weight excluding hydrogens is 312 g/mol. The summed E-state index contributed by atoms with van der Waals surface area (Å²) in [5.41, 5.74) is 0.439. The van der Waals surface area contributed by atoms with E-state index in [0.29, 0.717) is 29.6 Å². The van der Waals surface area contributed by atoms with Crippen molar-refractivity contribution in [2.45, 2.75) is 33.4 Å². The Kier molecular flexibility index (Phi) is 5.89. The zero-order valence-electron chi connectivity index (χ0n) is 13.8. The molecule has 1 heterocycles. The van der Waals surface area contributed by atoms with E-state index >= 15 is 0 Å². The van der Waals surface area contributed by atoms with E-state index in [1.807, 2.05) is 6.92 Å². The molecule has 8 heteroatoms. The van der Waals surface area contributed by atoms with Crippen LogP contribution in [0.1, 0.15) is 35.9 Å². The molecule has 1 aromatic carbocycles. The molecule has 0 bridgehead atoms. The second kappa shape index (κ2) is 8.09. The van der Waals surface area contributed by atoms with E-state index in [2.05, 4.69) is 20.8 Å². The van der Waals surface area contributed by atoms with Crippen molar-refractivity contribution in [3.05, 3.63) is 41.5 Å². The van der Waals surface area contributed by atoms with Gasteiger partial charge in [0.15, 0.2) is 6.61 Å². The molecule has 0 aliphatic rings. The highest BCUT2D eigenvalue weighted by atomic mass is 16.5. The predicted molar refractivity (Wildman–Crippen MR) is 85.4 cm³/mol. The lowest BCUT2D eigenvalue weighted by atomic mass is 10.2. The van der Waals surface area contributed by atoms with Crippen molar-refractivity contribution in [1.29, 1.82) is 0 Å². The summed E-state index contributed by atoms with van der Waals surface area (Å²) in [5.74, 6) is 0.952. The van der Waals surface area contributed by atoms with Gasteiger partial charge in [0.05, 0.1) is 0 Å². The lowest BCUT2D eigenvalue weighted by Crippen LogP contribution is -2.44. The van der Waals surface area contributed by atoms with E-state index in [4.69, 9.17) is 9.26 Å². The van der Waals surface area contributed by atoms with Gasteiger partial charge in [-0.05, 0) is 38.1 Å². The average Bonchev–Trinajstić information content (AvgIpc) is 2.99. The van der Waals surface area contributed by atoms with Gasteiger partial charge in [-0.15, -0.1) is 0 Å². The summed E-state index contributed by atoms with van der Waals surface area (Å²) in [5, 5.41) is 9.02. The zero-order valence-corrected chi connectivity index (χ0v) is 13.8. The van der Waals surface area contributed by atoms with Crippen LogP contribution in [-0.4, -0.2) is 34.5 Å². The molecule has 1 aromatic heterocycles. The Morgan fingerprint density at radius 2 is 2.00 bits per heavy atom. The van der Waals surface area contributed by atoms with Crippen molar-refractivity contribution in [2.75, 3.05) is 6.54 Å². The molecule has 2 N–H and O–H groups in total. The first-order chi connectivity index (χ1) is 11.5. The molecule has 24 heavy (non-hydrogen) atoms. The van der Waals surface area contributed by atoms with Crippen LogP contribution in [0.3, 0.4) is 0 Å². The van der Waals surface area contributed by atoms with Gasteiger partial charge in [0, 0.05) is 19.0 Å². The quantitative estimate of drug-likeness (QED) is 0.789. The number of aryl methyl sites for hydroxylation is 1. The predicted octanol–water partition coefficient (Wildman–Crippen LogP) is 1.21. The normalized spacial score (nSPS) is 11.6. The number of nitrogens with zero attached hydrogens (tertiary/aromatic N) is 2. The zero-order chi connectivity index (χ0) is 17.5. The van der Waals surface area contributed by atoms with Crippen molar-refractivity contribution in [3.63, 3.8) is 0 Å². The van der Waals surface area contributed by atoms with Crippen molar-refractivity contribution in [2.24, 2.45) is 0 Å². The molecule has 0 unspecified atom stereocenters. The number of carbonyl (C=O) groups excluding carboxylic acids is 2. The maximum Gasteiger partial charge on any atom is 0.251 e. The first-order valence-corrected chi connectivity index (χ1v) is 7.60. The minimum Gasteiger partial charge on any atom is -0.485 e. The highest BCUT2D eigenvalue weighted by Crippen LogP contribution is 2.13. The van der Waals surface area contributed by atoms with Crippen LogP contribution < -0.4 is 15.4 Å². The van der Waals surface area contributed by atoms with Crippen LogP contribution in [0.15, 0.2) is 28.8 Å². The van der Waals surface area contributed by atoms with Crippen LogP contribution in [0.5, 0.6) is 5.75 Å². The number of amides is 2. The Hall–Kier alpha value is -2.90. The third-order valence-electron chi connectivity index (χ3n) is 3.15. The summed E-state index contributed by atoms with van der Waals surface area (Å²) in [6.45, 7) is 5.85. The van der Waals surface area contributed by atoms with Crippen LogP contribution in [0, 0.1) is 6.92 Å². The summed E-state index contributed by atoms with van der Waals surface area (Å²) < 4.78 is 10.4. The van der Waals surface area contributed by atoms with Gasteiger partial charge in [0.25, 0.3) is 5.91 Å². The molecule has 0 radical (unpaired) electrons. The monoisotopic (exact) mass is 332 g/mol. The third-order valence-corrected chi connectivity index (χ3v) is 3.15. The van der Waals surface area contributed by atoms with E-state index in [1.165, 1.54) is 0 Å². The fourth-order valence-corrected chi connectivity index (χ4v) is 1.92. The fourth-order valence-electron chi connectivity index (χ4n) is 1.92. The Bertz CT molecular complexity index is 696. The second-order valence-corrected chi connectivity index (χ2v) is 5.13. The van der Waals surface area contributed by atoms with E-state index in [-0.39, 0.29) is 18.4 Å². The first-order valence-electron chi connectivity index (χ1n) is 7.60. The van der Waals surface area contributed by atoms with E-state index < -0.39 is 6.04 Å². The highest BCUT2D eigenvalue weighted by Gasteiger charge is 2.15. The minimum atomic E-state index is -0.602. The van der Waals surface area contributed by atoms with Crippen LogP contribution in [0.2, 0.25) is 0 Å². The molecular formula is C16H20N4O4. The van der Waals surface area contributed by atoms with Gasteiger partial charge in [-0.3, -0.25) is 9.59 Å². The van der Waals surface area contributed by atoms with E-state index in [1.54, 1.807) is 38.1 Å². The van der Waals surface area contributed by atoms with E-state index in [0.717, 1.165) is 0 Å². The molecule has 8 nitrogen and oxygen atoms in total. The van der Waals surface area contributed by atoms with Gasteiger partial charge in [0.2, 0.25) is 17.6 Å². The lowest BCUT2D eigenvalue weighted by Gasteiger charge is -2.13. The first kappa shape index (κ1) is 17.5. The minimum absolute atomic E-state index is 0.178. The average molecular weight is 332 g/mol. The standard InChI is InChI=1S/C16H20N4O4/c1-4-17-15(21)10(2)18-16(22)12-5-7-13(8-6-12)23-9-14-19-11(3)24-20-14/h5-8,10H,4,9H2,1-3H3,(H,17,21)(H,18,22)/t10-/m0/s1. The number of aromatic nitrogens is 2. The second-order valence-electron chi connectivity index (χ2n) is 5.13. The number of hydrogen-bond acceptors (Lipinski definition) is 6. The number of nitrogens with one attached hydrogen (secondary N) is 2. The molecule has 0 fully saturated rings. The number of likely N-dealkylation sites (N-methyl/N-ethyl adjacent to an activating group) is 1. The summed E-state index contributed by atoms with van der Waals surface area (Å²) in [4.78, 5) is 27.7. The molecule has 0 saturated carbocycles. The fraction of sp³-hybridized carbons (Fsp3) is 0.375. The van der Waals surface area contributed by atoms with Gasteiger partial charge in [-0.2, -0.15) is 4.98 Å². The molecule has 2 aromatic rings. The lowest BCUT2D eigenvalue weighted by molar-refractivity contribution is -0.122. The number of benzene rings is 1. The van der Waals surface area contributed by atoms with Gasteiger partial charge in [-0.1, -0.05) is 5.16 Å². The topological polar surface area (TPSA) is 106 Å². The van der Waals surface area contributed by atoms with E-state index in [9.17, 15) is 9.59 Å². The van der Waals surface area contributed by atoms with Crippen molar-refractivity contribution >= 4 is 11.8 Å². The van der Waals surface area contributed by atoms with Crippen molar-refractivity contribution in [1.82, 2.24) is 20.8 Å². The summed E-state index contributed by atoms with van der Waals surface area (Å²) in [6.07, 6.45) is 0. The SMILES string of the molecule is CCNC(=O)[C@H](C)NC(=O)c1ccc(OCc2noc(C)n2)cc1. The molecule has 0 saturated heterocycles. The Morgan fingerprint density at radius 3 is 2.58 bits per heavy atom.